The van der Waals surface area contributed by atoms with Crippen molar-refractivity contribution in [2.45, 2.75) is 87.0 Å². The second-order valence-electron chi connectivity index (χ2n) is 10.4. The van der Waals surface area contributed by atoms with Crippen LogP contribution in [0.4, 0.5) is 28.4 Å². The smallest absolute Gasteiger partial charge is 0.269 e. The molecule has 0 spiro atoms. The lowest BCUT2D eigenvalue weighted by Gasteiger charge is -2.15. The van der Waals surface area contributed by atoms with Gasteiger partial charge in [0.1, 0.15) is 11.5 Å². The van der Waals surface area contributed by atoms with Gasteiger partial charge in [0, 0.05) is 36.4 Å². The second-order valence-corrected chi connectivity index (χ2v) is 10.4. The minimum absolute atomic E-state index is 0.00907. The van der Waals surface area contributed by atoms with Gasteiger partial charge in [-0.1, -0.05) is 84.4 Å². The zero-order valence-corrected chi connectivity index (χ0v) is 30.2. The highest BCUT2D eigenvalue weighted by Crippen LogP contribution is 2.34. The van der Waals surface area contributed by atoms with Crippen LogP contribution in [0.25, 0.3) is 0 Å². The number of hydrogen-bond acceptors (Lipinski definition) is 10. The van der Waals surface area contributed by atoms with Crippen LogP contribution in [0.15, 0.2) is 72.8 Å². The van der Waals surface area contributed by atoms with Crippen LogP contribution in [0.5, 0.6) is 11.5 Å². The molecule has 0 aliphatic carbocycles. The molecule has 0 unspecified atom stereocenters. The van der Waals surface area contributed by atoms with E-state index in [2.05, 4.69) is 38.5 Å². The predicted molar refractivity (Wildman–Crippen MR) is 201 cm³/mol. The van der Waals surface area contributed by atoms with Crippen LogP contribution >= 0.6 is 0 Å². The number of benzene rings is 3. The average Bonchev–Trinajstić information content (AvgIpc) is 3.09. The number of ketones is 2. The number of hydrogen-bond donors (Lipinski definition) is 4. The van der Waals surface area contributed by atoms with Gasteiger partial charge in [-0.3, -0.25) is 25.1 Å². The Bertz CT molecular complexity index is 1320. The van der Waals surface area contributed by atoms with E-state index < -0.39 is 4.92 Å². The minimum Gasteiger partial charge on any atom is -0.495 e. The summed E-state index contributed by atoms with van der Waals surface area (Å²) in [7, 11) is 3.05. The van der Waals surface area contributed by atoms with Gasteiger partial charge in [0.25, 0.3) is 5.69 Å². The second kappa shape index (κ2) is 28.2. The van der Waals surface area contributed by atoms with Gasteiger partial charge >= 0.3 is 0 Å². The van der Waals surface area contributed by atoms with Gasteiger partial charge < -0.3 is 26.4 Å². The third-order valence-electron chi connectivity index (χ3n) is 6.11. The third-order valence-corrected chi connectivity index (χ3v) is 6.11. The van der Waals surface area contributed by atoms with Crippen molar-refractivity contribution in [2.75, 3.05) is 36.5 Å². The molecular formula is C37H57N5O6. The van der Waals surface area contributed by atoms with Crippen molar-refractivity contribution in [1.82, 2.24) is 0 Å². The van der Waals surface area contributed by atoms with Crippen molar-refractivity contribution in [1.29, 1.82) is 0 Å². The lowest BCUT2D eigenvalue weighted by Crippen LogP contribution is -2.10. The molecular weight excluding hydrogens is 610 g/mol. The summed E-state index contributed by atoms with van der Waals surface area (Å²) in [5.41, 5.74) is 20.9. The number of non-ortho nitro benzene ring substituents is 1. The Balaban J connectivity index is 0. The monoisotopic (exact) mass is 667 g/mol. The summed E-state index contributed by atoms with van der Waals surface area (Å²) < 4.78 is 10.4. The summed E-state index contributed by atoms with van der Waals surface area (Å²) in [6, 6.07) is 17.1. The van der Waals surface area contributed by atoms with Crippen LogP contribution in [0.1, 0.15) is 85.6 Å². The van der Waals surface area contributed by atoms with Crippen LogP contribution in [0, 0.1) is 17.0 Å². The number of nitro groups is 1. The van der Waals surface area contributed by atoms with E-state index in [1.54, 1.807) is 31.2 Å². The van der Waals surface area contributed by atoms with Crippen LogP contribution in [0.3, 0.4) is 0 Å². The standard InChI is InChI=1S/C14H16N4O4.C7H9N.C7H10O2.C5H12.C4H10/c1-21-13-8-12(14(22-2)7-11(13)15)17-16-9-3-5-10(6-4-9)18(19)20;1-6-2-4-7(8)5-3-6;1-3-7(9)5-4-6(2)8;1-3-5-4-2;1-3-4-2/h3-8,16-17H,15H2,1-2H3;2-5H,8H2,1H3;4-5H,3H2,1-2H3;3-5H2,1-2H3;3-4H2,1-2H3/b;;5-4-;;. The zero-order valence-electron chi connectivity index (χ0n) is 30.2. The fourth-order valence-corrected chi connectivity index (χ4v) is 3.07. The summed E-state index contributed by atoms with van der Waals surface area (Å²) in [6.45, 7) is 14.0. The fourth-order valence-electron chi connectivity index (χ4n) is 3.07. The number of nitrogens with one attached hydrogen (secondary N) is 2. The van der Waals surface area contributed by atoms with E-state index in [0.717, 1.165) is 5.69 Å². The molecule has 0 saturated heterocycles. The first kappa shape index (κ1) is 45.1. The Morgan fingerprint density at radius 2 is 1.33 bits per heavy atom. The Hall–Kier alpha value is -5.06. The number of allylic oxidation sites excluding steroid dienone is 2. The molecule has 11 heteroatoms. The van der Waals surface area contributed by atoms with Gasteiger partial charge in [0.2, 0.25) is 0 Å². The van der Waals surface area contributed by atoms with E-state index in [0.29, 0.717) is 35.0 Å². The molecule has 0 saturated carbocycles. The van der Waals surface area contributed by atoms with Crippen molar-refractivity contribution in [2.24, 2.45) is 0 Å². The van der Waals surface area contributed by atoms with Crippen LogP contribution in [-0.4, -0.2) is 30.7 Å². The van der Waals surface area contributed by atoms with Gasteiger partial charge in [-0.05, 0) is 50.3 Å². The lowest BCUT2D eigenvalue weighted by molar-refractivity contribution is -0.384. The number of carbonyl (C=O) groups excluding carboxylic acids is 2. The van der Waals surface area contributed by atoms with Crippen molar-refractivity contribution in [3.05, 3.63) is 88.5 Å². The van der Waals surface area contributed by atoms with Crippen LogP contribution in [0.2, 0.25) is 0 Å². The van der Waals surface area contributed by atoms with Crippen molar-refractivity contribution >= 4 is 40.0 Å². The lowest BCUT2D eigenvalue weighted by atomic mass is 10.2. The number of anilines is 4. The average molecular weight is 668 g/mol. The molecule has 0 atom stereocenters. The molecule has 0 aliphatic rings. The minimum atomic E-state index is -0.453. The molecule has 266 valence electrons. The van der Waals surface area contributed by atoms with E-state index >= 15 is 0 Å². The Labute approximate surface area is 287 Å². The number of methoxy groups -OCH3 is 2. The molecule has 3 aromatic rings. The number of nitro benzene ring substituents is 1. The highest BCUT2D eigenvalue weighted by Gasteiger charge is 2.09. The SMILES string of the molecule is CCC(=O)/C=C\C(C)=O.CCCC.CCCCC.COc1cc(NNc2ccc([N+](=O)[O-])cc2)c(OC)cc1N.Cc1ccc(N)cc1. The molecule has 0 aromatic heterocycles. The van der Waals surface area contributed by atoms with Crippen molar-refractivity contribution in [3.8, 4) is 11.5 Å². The van der Waals surface area contributed by atoms with Gasteiger partial charge in [-0.25, -0.2) is 0 Å². The number of nitrogens with two attached hydrogens (primary N) is 2. The molecule has 3 aromatic carbocycles. The topological polar surface area (TPSA) is 172 Å². The van der Waals surface area contributed by atoms with Crippen molar-refractivity contribution < 1.29 is 24.0 Å². The first-order valence-electron chi connectivity index (χ1n) is 16.1. The van der Waals surface area contributed by atoms with E-state index in [1.807, 2.05) is 31.2 Å². The fraction of sp³-hybridized carbons (Fsp3) is 0.405. The number of nitrogen functional groups attached to an aromatic ring is 2. The van der Waals surface area contributed by atoms with Crippen LogP contribution in [-0.2, 0) is 9.59 Å². The van der Waals surface area contributed by atoms with Gasteiger partial charge in [-0.15, -0.1) is 0 Å². The van der Waals surface area contributed by atoms with Gasteiger partial charge in [0.05, 0.1) is 36.2 Å². The summed E-state index contributed by atoms with van der Waals surface area (Å²) in [5.74, 6) is 0.948. The predicted octanol–water partition coefficient (Wildman–Crippen LogP) is 9.32. The molecule has 6 N–H and O–H groups in total. The number of ether oxygens (including phenoxy) is 2. The highest BCUT2D eigenvalue weighted by molar-refractivity contribution is 5.97. The third kappa shape index (κ3) is 22.4. The number of unbranched alkanes of at least 4 members (excludes halogenated alkanes) is 3. The molecule has 0 aliphatic heterocycles. The maximum atomic E-state index is 10.6. The van der Waals surface area contributed by atoms with Gasteiger partial charge in [-0.2, -0.15) is 0 Å². The van der Waals surface area contributed by atoms with E-state index in [9.17, 15) is 19.7 Å². The zero-order chi connectivity index (χ0) is 36.9. The summed E-state index contributed by atoms with van der Waals surface area (Å²) in [4.78, 5) is 30.9. The normalized spacial score (nSPS) is 9.44. The first-order valence-corrected chi connectivity index (χ1v) is 16.1. The van der Waals surface area contributed by atoms with Gasteiger partial charge in [0.15, 0.2) is 11.6 Å². The maximum absolute atomic E-state index is 10.6. The van der Waals surface area contributed by atoms with Crippen LogP contribution < -0.4 is 31.8 Å². The number of rotatable bonds is 12. The maximum Gasteiger partial charge on any atom is 0.269 e. The number of carbonyl (C=O) groups is 2. The Kier molecular flexibility index (Phi) is 26.5. The Morgan fingerprint density at radius 3 is 1.71 bits per heavy atom. The highest BCUT2D eigenvalue weighted by atomic mass is 16.6. The largest absolute Gasteiger partial charge is 0.495 e. The number of hydrazine groups is 1. The molecule has 3 rings (SSSR count). The summed E-state index contributed by atoms with van der Waals surface area (Å²) in [5, 5.41) is 10.6. The molecule has 0 heterocycles. The van der Waals surface area contributed by atoms with E-state index in [-0.39, 0.29) is 17.3 Å². The van der Waals surface area contributed by atoms with E-state index in [1.165, 1.54) is 83.1 Å². The molecule has 0 bridgehead atoms. The number of nitrogens with zero attached hydrogens (tertiary/aromatic N) is 1. The molecule has 48 heavy (non-hydrogen) atoms. The summed E-state index contributed by atoms with van der Waals surface area (Å²) in [6.07, 6.45) is 9.77. The summed E-state index contributed by atoms with van der Waals surface area (Å²) >= 11 is 0. The number of aryl methyl sites for hydroxylation is 1. The molecule has 11 nitrogen and oxygen atoms in total. The molecule has 0 fully saturated rings. The molecule has 0 amide bonds. The Morgan fingerprint density at radius 1 is 0.792 bits per heavy atom. The van der Waals surface area contributed by atoms with Crippen molar-refractivity contribution in [3.63, 3.8) is 0 Å². The first-order chi connectivity index (χ1) is 22.8. The molecule has 0 radical (unpaired) electrons. The van der Waals surface area contributed by atoms with E-state index in [4.69, 9.17) is 20.9 Å². The quantitative estimate of drug-likeness (QED) is 0.0631.